The van der Waals surface area contributed by atoms with Crippen LogP contribution in [0.25, 0.3) is 22.5 Å². The van der Waals surface area contributed by atoms with Crippen LogP contribution in [0.4, 0.5) is 4.39 Å². The number of hydrogen-bond acceptors (Lipinski definition) is 4. The zero-order chi connectivity index (χ0) is 21.4. The standard InChI is InChI=1S/C24H26FN5O/c1-28-12-8-19(9-13-28)24(31)29-14-21(15-29)30-16-27-22(17-2-4-20(25)5-3-17)23(30)18-6-10-26-11-7-18/h2-7,10-11,16,19,21H,8-9,12-15H2,1H3. The lowest BCUT2D eigenvalue weighted by atomic mass is 9.93. The molecule has 2 saturated heterocycles. The van der Waals surface area contributed by atoms with Crippen molar-refractivity contribution in [2.45, 2.75) is 18.9 Å². The summed E-state index contributed by atoms with van der Waals surface area (Å²) < 4.78 is 15.6. The van der Waals surface area contributed by atoms with E-state index in [4.69, 9.17) is 0 Å². The van der Waals surface area contributed by atoms with Gasteiger partial charge >= 0.3 is 0 Å². The highest BCUT2D eigenvalue weighted by Crippen LogP contribution is 2.36. The molecule has 2 aromatic heterocycles. The van der Waals surface area contributed by atoms with Gasteiger partial charge in [0, 0.05) is 42.5 Å². The number of carbonyl (C=O) groups is 1. The molecular formula is C24H26FN5O. The monoisotopic (exact) mass is 419 g/mol. The zero-order valence-electron chi connectivity index (χ0n) is 17.6. The molecule has 1 amide bonds. The molecule has 0 bridgehead atoms. The van der Waals surface area contributed by atoms with E-state index in [1.807, 2.05) is 23.4 Å². The van der Waals surface area contributed by atoms with E-state index in [0.29, 0.717) is 13.1 Å². The Hall–Kier alpha value is -3.06. The minimum Gasteiger partial charge on any atom is -0.338 e. The Labute approximate surface area is 181 Å². The molecule has 2 fully saturated rings. The van der Waals surface area contributed by atoms with Crippen molar-refractivity contribution in [3.63, 3.8) is 0 Å². The quantitative estimate of drug-likeness (QED) is 0.650. The van der Waals surface area contributed by atoms with Crippen molar-refractivity contribution in [2.24, 2.45) is 5.92 Å². The lowest BCUT2D eigenvalue weighted by molar-refractivity contribution is -0.142. The highest BCUT2D eigenvalue weighted by molar-refractivity contribution is 5.81. The molecule has 0 spiro atoms. The Morgan fingerprint density at radius 3 is 2.35 bits per heavy atom. The Kier molecular flexibility index (Phi) is 5.28. The number of hydrogen-bond donors (Lipinski definition) is 0. The summed E-state index contributed by atoms with van der Waals surface area (Å²) in [5.41, 5.74) is 3.66. The number of likely N-dealkylation sites (tertiary alicyclic amines) is 2. The van der Waals surface area contributed by atoms with Gasteiger partial charge < -0.3 is 14.4 Å². The average Bonchev–Trinajstić information content (AvgIpc) is 3.19. The van der Waals surface area contributed by atoms with E-state index in [2.05, 4.69) is 26.5 Å². The Morgan fingerprint density at radius 2 is 1.68 bits per heavy atom. The maximum absolute atomic E-state index is 13.4. The molecule has 2 aliphatic rings. The van der Waals surface area contributed by atoms with Crippen LogP contribution in [-0.2, 0) is 4.79 Å². The summed E-state index contributed by atoms with van der Waals surface area (Å²) in [6, 6.07) is 10.5. The number of carbonyl (C=O) groups excluding carboxylic acids is 1. The van der Waals surface area contributed by atoms with Gasteiger partial charge in [0.05, 0.1) is 23.8 Å². The molecule has 0 radical (unpaired) electrons. The summed E-state index contributed by atoms with van der Waals surface area (Å²) in [6.45, 7) is 3.37. The van der Waals surface area contributed by atoms with Gasteiger partial charge in [0.15, 0.2) is 0 Å². The second-order valence-corrected chi connectivity index (χ2v) is 8.57. The van der Waals surface area contributed by atoms with Crippen molar-refractivity contribution in [1.29, 1.82) is 0 Å². The van der Waals surface area contributed by atoms with Gasteiger partial charge in [0.1, 0.15) is 5.82 Å². The molecular weight excluding hydrogens is 393 g/mol. The SMILES string of the molecule is CN1CCC(C(=O)N2CC(n3cnc(-c4ccc(F)cc4)c3-c3ccncc3)C2)CC1. The fourth-order valence-electron chi connectivity index (χ4n) is 4.58. The number of aromatic nitrogens is 3. The summed E-state index contributed by atoms with van der Waals surface area (Å²) in [5, 5.41) is 0. The van der Waals surface area contributed by atoms with Crippen LogP contribution in [0.3, 0.4) is 0 Å². The fraction of sp³-hybridized carbons (Fsp3) is 0.375. The van der Waals surface area contributed by atoms with Crippen LogP contribution in [0.5, 0.6) is 0 Å². The minimum atomic E-state index is -0.268. The summed E-state index contributed by atoms with van der Waals surface area (Å²) in [5.74, 6) is 0.166. The maximum Gasteiger partial charge on any atom is 0.225 e. The van der Waals surface area contributed by atoms with Gasteiger partial charge in [-0.2, -0.15) is 0 Å². The van der Waals surface area contributed by atoms with Crippen LogP contribution in [-0.4, -0.2) is 63.5 Å². The highest BCUT2D eigenvalue weighted by atomic mass is 19.1. The number of rotatable bonds is 4. The molecule has 1 aromatic carbocycles. The summed E-state index contributed by atoms with van der Waals surface area (Å²) in [7, 11) is 2.11. The summed E-state index contributed by atoms with van der Waals surface area (Å²) in [4.78, 5) is 26.0. The first-order chi connectivity index (χ1) is 15.1. The van der Waals surface area contributed by atoms with Crippen molar-refractivity contribution in [3.05, 3.63) is 60.9 Å². The Bertz CT molecular complexity index is 1050. The number of piperidine rings is 1. The Balaban J connectivity index is 1.39. The first-order valence-electron chi connectivity index (χ1n) is 10.8. The van der Waals surface area contributed by atoms with Gasteiger partial charge in [-0.25, -0.2) is 9.37 Å². The molecule has 31 heavy (non-hydrogen) atoms. The first kappa shape index (κ1) is 19.9. The third kappa shape index (κ3) is 3.85. The molecule has 160 valence electrons. The summed E-state index contributed by atoms with van der Waals surface area (Å²) in [6.07, 6.45) is 7.25. The summed E-state index contributed by atoms with van der Waals surface area (Å²) >= 11 is 0. The third-order valence-electron chi connectivity index (χ3n) is 6.50. The number of amides is 1. The molecule has 4 heterocycles. The van der Waals surface area contributed by atoms with Crippen molar-refractivity contribution in [1.82, 2.24) is 24.3 Å². The van der Waals surface area contributed by atoms with E-state index >= 15 is 0 Å². The van der Waals surface area contributed by atoms with Gasteiger partial charge in [0.2, 0.25) is 5.91 Å². The predicted octanol–water partition coefficient (Wildman–Crippen LogP) is 3.48. The molecule has 2 aliphatic heterocycles. The van der Waals surface area contributed by atoms with Crippen LogP contribution >= 0.6 is 0 Å². The van der Waals surface area contributed by atoms with Crippen molar-refractivity contribution in [3.8, 4) is 22.5 Å². The van der Waals surface area contributed by atoms with Crippen LogP contribution in [0.1, 0.15) is 18.9 Å². The first-order valence-corrected chi connectivity index (χ1v) is 10.8. The second kappa shape index (κ2) is 8.23. The zero-order valence-corrected chi connectivity index (χ0v) is 17.6. The van der Waals surface area contributed by atoms with Crippen LogP contribution in [0, 0.1) is 11.7 Å². The second-order valence-electron chi connectivity index (χ2n) is 8.57. The molecule has 0 aliphatic carbocycles. The van der Waals surface area contributed by atoms with E-state index in [9.17, 15) is 9.18 Å². The molecule has 6 nitrogen and oxygen atoms in total. The largest absolute Gasteiger partial charge is 0.338 e. The van der Waals surface area contributed by atoms with E-state index in [-0.39, 0.29) is 23.7 Å². The topological polar surface area (TPSA) is 54.3 Å². The molecule has 0 atom stereocenters. The molecule has 0 saturated carbocycles. The van der Waals surface area contributed by atoms with Crippen LogP contribution < -0.4 is 0 Å². The van der Waals surface area contributed by atoms with Crippen LogP contribution in [0.15, 0.2) is 55.1 Å². The van der Waals surface area contributed by atoms with E-state index in [0.717, 1.165) is 48.4 Å². The highest BCUT2D eigenvalue weighted by Gasteiger charge is 2.37. The molecule has 0 unspecified atom stereocenters. The number of imidazole rings is 1. The minimum absolute atomic E-state index is 0.148. The average molecular weight is 420 g/mol. The normalized spacial score (nSPS) is 18.2. The van der Waals surface area contributed by atoms with Gasteiger partial charge in [0.25, 0.3) is 0 Å². The number of halogens is 1. The number of benzene rings is 1. The van der Waals surface area contributed by atoms with E-state index in [1.165, 1.54) is 12.1 Å². The van der Waals surface area contributed by atoms with Crippen LogP contribution in [0.2, 0.25) is 0 Å². The smallest absolute Gasteiger partial charge is 0.225 e. The Morgan fingerprint density at radius 1 is 1.00 bits per heavy atom. The van der Waals surface area contributed by atoms with E-state index in [1.54, 1.807) is 24.5 Å². The fourth-order valence-corrected chi connectivity index (χ4v) is 4.58. The maximum atomic E-state index is 13.4. The van der Waals surface area contributed by atoms with E-state index < -0.39 is 0 Å². The van der Waals surface area contributed by atoms with Gasteiger partial charge in [-0.1, -0.05) is 0 Å². The van der Waals surface area contributed by atoms with Gasteiger partial charge in [-0.3, -0.25) is 9.78 Å². The number of nitrogens with zero attached hydrogens (tertiary/aromatic N) is 5. The third-order valence-corrected chi connectivity index (χ3v) is 6.50. The lowest BCUT2D eigenvalue weighted by Gasteiger charge is -2.43. The van der Waals surface area contributed by atoms with Gasteiger partial charge in [-0.15, -0.1) is 0 Å². The predicted molar refractivity (Wildman–Crippen MR) is 117 cm³/mol. The van der Waals surface area contributed by atoms with Crippen molar-refractivity contribution in [2.75, 3.05) is 33.2 Å². The molecule has 7 heteroatoms. The lowest BCUT2D eigenvalue weighted by Crippen LogP contribution is -2.53. The van der Waals surface area contributed by atoms with Crippen molar-refractivity contribution < 1.29 is 9.18 Å². The van der Waals surface area contributed by atoms with Gasteiger partial charge in [-0.05, 0) is 69.4 Å². The van der Waals surface area contributed by atoms with Crippen molar-refractivity contribution >= 4 is 5.91 Å². The molecule has 3 aromatic rings. The number of pyridine rings is 1. The molecule has 0 N–H and O–H groups in total. The molecule has 5 rings (SSSR count).